The van der Waals surface area contributed by atoms with Crippen LogP contribution in [0.2, 0.25) is 0 Å². The molecule has 1 aromatic carbocycles. The number of hydrogen-bond acceptors (Lipinski definition) is 3. The van der Waals surface area contributed by atoms with Crippen LogP contribution in [0, 0.1) is 0 Å². The molecular formula is C13H18N4. The molecule has 4 nitrogen and oxygen atoms in total. The van der Waals surface area contributed by atoms with Gasteiger partial charge in [-0.05, 0) is 24.5 Å². The Morgan fingerprint density at radius 3 is 3.00 bits per heavy atom. The highest BCUT2D eigenvalue weighted by atomic mass is 15.3. The quantitative estimate of drug-likeness (QED) is 0.851. The van der Waals surface area contributed by atoms with Crippen LogP contribution in [-0.2, 0) is 6.54 Å². The molecule has 1 aromatic heterocycles. The molecule has 1 aliphatic rings. The molecule has 0 spiro atoms. The van der Waals surface area contributed by atoms with Crippen LogP contribution in [-0.4, -0.2) is 21.5 Å². The van der Waals surface area contributed by atoms with Gasteiger partial charge in [0.2, 0.25) is 0 Å². The normalized spacial score (nSPS) is 17.6. The maximum atomic E-state index is 4.14. The SMILES string of the molecule is c1cc(CNC2CCCCC2)c2nn[nH]c2c1. The van der Waals surface area contributed by atoms with Gasteiger partial charge in [0.1, 0.15) is 5.52 Å². The summed E-state index contributed by atoms with van der Waals surface area (Å²) in [5, 5.41) is 14.5. The molecule has 0 amide bonds. The molecule has 1 heterocycles. The molecule has 4 heteroatoms. The van der Waals surface area contributed by atoms with E-state index in [9.17, 15) is 0 Å². The molecule has 0 atom stereocenters. The van der Waals surface area contributed by atoms with Gasteiger partial charge in [-0.3, -0.25) is 5.10 Å². The monoisotopic (exact) mass is 230 g/mol. The van der Waals surface area contributed by atoms with Crippen molar-refractivity contribution in [2.75, 3.05) is 0 Å². The summed E-state index contributed by atoms with van der Waals surface area (Å²) < 4.78 is 0. The second-order valence-corrected chi connectivity index (χ2v) is 4.84. The van der Waals surface area contributed by atoms with Gasteiger partial charge in [0, 0.05) is 12.6 Å². The largest absolute Gasteiger partial charge is 0.310 e. The molecule has 17 heavy (non-hydrogen) atoms. The molecule has 1 fully saturated rings. The number of nitrogens with zero attached hydrogens (tertiary/aromatic N) is 2. The van der Waals surface area contributed by atoms with Crippen molar-refractivity contribution in [2.24, 2.45) is 0 Å². The van der Waals surface area contributed by atoms with Gasteiger partial charge in [0.25, 0.3) is 0 Å². The summed E-state index contributed by atoms with van der Waals surface area (Å²) in [5.74, 6) is 0. The van der Waals surface area contributed by atoms with Gasteiger partial charge in [0.15, 0.2) is 0 Å². The minimum absolute atomic E-state index is 0.686. The van der Waals surface area contributed by atoms with E-state index in [0.717, 1.165) is 17.6 Å². The van der Waals surface area contributed by atoms with E-state index in [4.69, 9.17) is 0 Å². The topological polar surface area (TPSA) is 53.6 Å². The van der Waals surface area contributed by atoms with Crippen molar-refractivity contribution in [3.63, 3.8) is 0 Å². The van der Waals surface area contributed by atoms with Crippen LogP contribution in [0.5, 0.6) is 0 Å². The maximum Gasteiger partial charge on any atom is 0.117 e. The van der Waals surface area contributed by atoms with Crippen LogP contribution >= 0.6 is 0 Å². The predicted molar refractivity (Wildman–Crippen MR) is 67.6 cm³/mol. The van der Waals surface area contributed by atoms with Crippen molar-refractivity contribution < 1.29 is 0 Å². The molecule has 90 valence electrons. The lowest BCUT2D eigenvalue weighted by atomic mass is 9.95. The highest BCUT2D eigenvalue weighted by molar-refractivity contribution is 5.77. The Balaban J connectivity index is 1.69. The van der Waals surface area contributed by atoms with Crippen molar-refractivity contribution in [1.82, 2.24) is 20.7 Å². The lowest BCUT2D eigenvalue weighted by Crippen LogP contribution is -2.30. The summed E-state index contributed by atoms with van der Waals surface area (Å²) in [5.41, 5.74) is 3.26. The average Bonchev–Trinajstić information content (AvgIpc) is 2.86. The molecule has 2 N–H and O–H groups in total. The van der Waals surface area contributed by atoms with E-state index in [0.29, 0.717) is 6.04 Å². The van der Waals surface area contributed by atoms with Gasteiger partial charge in [-0.1, -0.05) is 36.6 Å². The number of hydrogen-bond donors (Lipinski definition) is 2. The zero-order valence-electron chi connectivity index (χ0n) is 9.95. The zero-order chi connectivity index (χ0) is 11.5. The molecule has 1 saturated carbocycles. The van der Waals surface area contributed by atoms with Crippen molar-refractivity contribution in [1.29, 1.82) is 0 Å². The van der Waals surface area contributed by atoms with Crippen LogP contribution in [0.3, 0.4) is 0 Å². The molecule has 0 saturated heterocycles. The number of aromatic nitrogens is 3. The van der Waals surface area contributed by atoms with Crippen molar-refractivity contribution >= 4 is 11.0 Å². The molecule has 2 aromatic rings. The lowest BCUT2D eigenvalue weighted by Gasteiger charge is -2.22. The summed E-state index contributed by atoms with van der Waals surface area (Å²) in [6.07, 6.45) is 6.76. The third-order valence-corrected chi connectivity index (χ3v) is 3.63. The summed E-state index contributed by atoms with van der Waals surface area (Å²) in [6.45, 7) is 0.897. The molecule has 0 radical (unpaired) electrons. The first kappa shape index (κ1) is 10.7. The first-order chi connectivity index (χ1) is 8.43. The van der Waals surface area contributed by atoms with Crippen molar-refractivity contribution in [2.45, 2.75) is 44.7 Å². The standard InChI is InChI=1S/C13H18N4/c1-2-6-11(7-3-1)14-9-10-5-4-8-12-13(10)16-17-15-12/h4-5,8,11,14H,1-3,6-7,9H2,(H,15,16,17). The highest BCUT2D eigenvalue weighted by Crippen LogP contribution is 2.19. The fraction of sp³-hybridized carbons (Fsp3) is 0.538. The maximum absolute atomic E-state index is 4.14. The first-order valence-electron chi connectivity index (χ1n) is 6.45. The van der Waals surface area contributed by atoms with Crippen LogP contribution in [0.1, 0.15) is 37.7 Å². The van der Waals surface area contributed by atoms with Crippen LogP contribution in [0.15, 0.2) is 18.2 Å². The van der Waals surface area contributed by atoms with Gasteiger partial charge in [-0.2, -0.15) is 0 Å². The van der Waals surface area contributed by atoms with E-state index in [2.05, 4.69) is 32.9 Å². The van der Waals surface area contributed by atoms with E-state index in [1.807, 2.05) is 6.07 Å². The Kier molecular flexibility index (Phi) is 3.05. The van der Waals surface area contributed by atoms with Gasteiger partial charge in [-0.15, -0.1) is 5.10 Å². The van der Waals surface area contributed by atoms with Crippen molar-refractivity contribution in [3.05, 3.63) is 23.8 Å². The summed E-state index contributed by atoms with van der Waals surface area (Å²) in [6, 6.07) is 6.88. The van der Waals surface area contributed by atoms with Crippen LogP contribution in [0.4, 0.5) is 0 Å². The smallest absolute Gasteiger partial charge is 0.117 e. The predicted octanol–water partition coefficient (Wildman–Crippen LogP) is 2.38. The van der Waals surface area contributed by atoms with E-state index in [-0.39, 0.29) is 0 Å². The minimum Gasteiger partial charge on any atom is -0.310 e. The van der Waals surface area contributed by atoms with E-state index in [1.54, 1.807) is 0 Å². The average molecular weight is 230 g/mol. The lowest BCUT2D eigenvalue weighted by molar-refractivity contribution is 0.372. The Hall–Kier alpha value is -1.42. The van der Waals surface area contributed by atoms with E-state index >= 15 is 0 Å². The Morgan fingerprint density at radius 1 is 1.24 bits per heavy atom. The first-order valence-corrected chi connectivity index (χ1v) is 6.45. The van der Waals surface area contributed by atoms with E-state index < -0.39 is 0 Å². The fourth-order valence-electron chi connectivity index (χ4n) is 2.63. The Labute approximate surface area is 101 Å². The van der Waals surface area contributed by atoms with Crippen LogP contribution < -0.4 is 5.32 Å². The fourth-order valence-corrected chi connectivity index (χ4v) is 2.63. The molecule has 0 bridgehead atoms. The van der Waals surface area contributed by atoms with E-state index in [1.165, 1.54) is 37.7 Å². The second-order valence-electron chi connectivity index (χ2n) is 4.84. The van der Waals surface area contributed by atoms with Gasteiger partial charge < -0.3 is 5.32 Å². The Morgan fingerprint density at radius 2 is 2.12 bits per heavy atom. The number of aromatic amines is 1. The summed E-state index contributed by atoms with van der Waals surface area (Å²) >= 11 is 0. The van der Waals surface area contributed by atoms with Crippen molar-refractivity contribution in [3.8, 4) is 0 Å². The van der Waals surface area contributed by atoms with Gasteiger partial charge >= 0.3 is 0 Å². The highest BCUT2D eigenvalue weighted by Gasteiger charge is 2.13. The molecule has 0 aliphatic heterocycles. The third-order valence-electron chi connectivity index (χ3n) is 3.63. The van der Waals surface area contributed by atoms with Crippen LogP contribution in [0.25, 0.3) is 11.0 Å². The molecule has 3 rings (SSSR count). The zero-order valence-corrected chi connectivity index (χ0v) is 9.95. The second kappa shape index (κ2) is 4.84. The number of H-pyrrole nitrogens is 1. The molecule has 0 unspecified atom stereocenters. The number of nitrogens with one attached hydrogen (secondary N) is 2. The minimum atomic E-state index is 0.686. The summed E-state index contributed by atoms with van der Waals surface area (Å²) in [7, 11) is 0. The number of benzene rings is 1. The third kappa shape index (κ3) is 2.31. The summed E-state index contributed by atoms with van der Waals surface area (Å²) in [4.78, 5) is 0. The molecule has 1 aliphatic carbocycles. The van der Waals surface area contributed by atoms with Gasteiger partial charge in [0.05, 0.1) is 5.52 Å². The molecular weight excluding hydrogens is 212 g/mol. The Bertz CT molecular complexity index is 485. The van der Waals surface area contributed by atoms with Gasteiger partial charge in [-0.25, -0.2) is 0 Å². The number of rotatable bonds is 3. The number of fused-ring (bicyclic) bond motifs is 1.